The van der Waals surface area contributed by atoms with Gasteiger partial charge in [0.05, 0.1) is 17.7 Å². The molecule has 6 nitrogen and oxygen atoms in total. The van der Waals surface area contributed by atoms with Crippen LogP contribution in [0.5, 0.6) is 5.75 Å². The predicted molar refractivity (Wildman–Crippen MR) is 121 cm³/mol. The van der Waals surface area contributed by atoms with Crippen molar-refractivity contribution in [2.24, 2.45) is 0 Å². The summed E-state index contributed by atoms with van der Waals surface area (Å²) in [7, 11) is 0. The Labute approximate surface area is 188 Å². The van der Waals surface area contributed by atoms with E-state index in [9.17, 15) is 14.7 Å². The minimum absolute atomic E-state index is 0.0000467. The Morgan fingerprint density at radius 2 is 1.81 bits per heavy atom. The Bertz CT molecular complexity index is 1140. The number of aliphatic hydroxyl groups is 1. The first-order chi connectivity index (χ1) is 14.9. The molecular weight excluding hydrogens is 436 g/mol. The van der Waals surface area contributed by atoms with Crippen molar-refractivity contribution in [1.29, 1.82) is 0 Å². The van der Waals surface area contributed by atoms with Crippen molar-refractivity contribution in [2.45, 2.75) is 26.0 Å². The van der Waals surface area contributed by atoms with Crippen LogP contribution in [0, 0.1) is 0 Å². The second kappa shape index (κ2) is 8.53. The van der Waals surface area contributed by atoms with Crippen LogP contribution < -0.4 is 9.64 Å². The summed E-state index contributed by atoms with van der Waals surface area (Å²) in [5.74, 6) is -1.12. The summed E-state index contributed by atoms with van der Waals surface area (Å²) in [5, 5.41) is 13.7. The van der Waals surface area contributed by atoms with E-state index in [1.165, 1.54) is 16.2 Å². The van der Waals surface area contributed by atoms with Gasteiger partial charge in [0.2, 0.25) is 0 Å². The molecular formula is C23H19ClN2O4S. The number of aliphatic hydroxyl groups excluding tert-OH is 1. The molecule has 158 valence electrons. The second-order valence-electron chi connectivity index (χ2n) is 7.23. The lowest BCUT2D eigenvalue weighted by molar-refractivity contribution is -0.132. The van der Waals surface area contributed by atoms with Crippen LogP contribution in [0.15, 0.2) is 65.7 Å². The number of halogens is 1. The molecule has 1 atom stereocenters. The minimum atomic E-state index is -0.824. The number of carbonyl (C=O) groups is 2. The number of benzene rings is 2. The molecule has 0 spiro atoms. The third-order valence-electron chi connectivity index (χ3n) is 4.76. The Hall–Kier alpha value is -3.16. The smallest absolute Gasteiger partial charge is 0.301 e. The number of anilines is 1. The van der Waals surface area contributed by atoms with E-state index in [-0.39, 0.29) is 17.4 Å². The van der Waals surface area contributed by atoms with Gasteiger partial charge in [0.1, 0.15) is 11.5 Å². The molecule has 2 heterocycles. The van der Waals surface area contributed by atoms with Gasteiger partial charge in [0.25, 0.3) is 5.78 Å². The van der Waals surface area contributed by atoms with Crippen LogP contribution in [0.25, 0.3) is 5.76 Å². The van der Waals surface area contributed by atoms with Gasteiger partial charge in [0, 0.05) is 22.2 Å². The standard InChI is InChI=1S/C23H19ClN2O4S/c1-13(2)30-17-9-5-15(6-10-17)20(27)18-19(14-3-7-16(24)8-4-14)26(22(29)21(18)28)23-25-11-12-31-23/h3-13,19,27H,1-2H3/b20-18+/t19-/m0/s1. The third-order valence-corrected chi connectivity index (χ3v) is 5.78. The van der Waals surface area contributed by atoms with E-state index in [1.54, 1.807) is 60.1 Å². The molecule has 1 aromatic heterocycles. The molecule has 4 rings (SSSR count). The fourth-order valence-electron chi connectivity index (χ4n) is 3.44. The number of Topliss-reactive ketones (excluding diaryl/α,β-unsaturated/α-hetero) is 1. The van der Waals surface area contributed by atoms with E-state index < -0.39 is 17.7 Å². The summed E-state index contributed by atoms with van der Waals surface area (Å²) in [5.41, 5.74) is 1.05. The number of ether oxygens (including phenoxy) is 1. The van der Waals surface area contributed by atoms with E-state index in [1.807, 2.05) is 13.8 Å². The van der Waals surface area contributed by atoms with Crippen molar-refractivity contribution in [3.05, 3.63) is 81.8 Å². The van der Waals surface area contributed by atoms with Crippen molar-refractivity contribution in [1.82, 2.24) is 4.98 Å². The highest BCUT2D eigenvalue weighted by molar-refractivity contribution is 7.14. The number of hydrogen-bond donors (Lipinski definition) is 1. The lowest BCUT2D eigenvalue weighted by atomic mass is 9.95. The monoisotopic (exact) mass is 454 g/mol. The van der Waals surface area contributed by atoms with Gasteiger partial charge < -0.3 is 9.84 Å². The fourth-order valence-corrected chi connectivity index (χ4v) is 4.24. The van der Waals surface area contributed by atoms with Gasteiger partial charge in [-0.05, 0) is 55.8 Å². The maximum atomic E-state index is 13.0. The highest BCUT2D eigenvalue weighted by Crippen LogP contribution is 2.42. The van der Waals surface area contributed by atoms with Gasteiger partial charge in [-0.15, -0.1) is 11.3 Å². The van der Waals surface area contributed by atoms with E-state index in [0.717, 1.165) is 0 Å². The maximum Gasteiger partial charge on any atom is 0.301 e. The van der Waals surface area contributed by atoms with Crippen molar-refractivity contribution in [3.8, 4) is 5.75 Å². The summed E-state index contributed by atoms with van der Waals surface area (Å²) in [4.78, 5) is 31.5. The summed E-state index contributed by atoms with van der Waals surface area (Å²) < 4.78 is 5.63. The van der Waals surface area contributed by atoms with Crippen LogP contribution in [-0.4, -0.2) is 27.9 Å². The van der Waals surface area contributed by atoms with E-state index in [2.05, 4.69) is 4.98 Å². The predicted octanol–water partition coefficient (Wildman–Crippen LogP) is 5.21. The lowest BCUT2D eigenvalue weighted by Crippen LogP contribution is -2.29. The minimum Gasteiger partial charge on any atom is -0.507 e. The molecule has 2 aromatic carbocycles. The van der Waals surface area contributed by atoms with Gasteiger partial charge in [0.15, 0.2) is 5.13 Å². The molecule has 1 fully saturated rings. The summed E-state index contributed by atoms with van der Waals surface area (Å²) in [6.07, 6.45) is 1.57. The molecule has 0 radical (unpaired) electrons. The number of amides is 1. The summed E-state index contributed by atoms with van der Waals surface area (Å²) in [6.45, 7) is 3.83. The van der Waals surface area contributed by atoms with Crippen LogP contribution in [0.3, 0.4) is 0 Å². The molecule has 31 heavy (non-hydrogen) atoms. The average molecular weight is 455 g/mol. The van der Waals surface area contributed by atoms with Crippen LogP contribution in [0.4, 0.5) is 5.13 Å². The van der Waals surface area contributed by atoms with Crippen molar-refractivity contribution in [3.63, 3.8) is 0 Å². The van der Waals surface area contributed by atoms with Gasteiger partial charge >= 0.3 is 5.91 Å². The molecule has 0 unspecified atom stereocenters. The number of carbonyl (C=O) groups excluding carboxylic acids is 2. The van der Waals surface area contributed by atoms with E-state index in [4.69, 9.17) is 16.3 Å². The highest BCUT2D eigenvalue weighted by Gasteiger charge is 2.47. The van der Waals surface area contributed by atoms with E-state index >= 15 is 0 Å². The van der Waals surface area contributed by atoms with Crippen LogP contribution in [0.1, 0.15) is 31.0 Å². The molecule has 1 aliphatic rings. The van der Waals surface area contributed by atoms with Gasteiger partial charge in [-0.1, -0.05) is 23.7 Å². The number of hydrogen-bond acceptors (Lipinski definition) is 6. The van der Waals surface area contributed by atoms with Gasteiger partial charge in [-0.2, -0.15) is 0 Å². The number of aromatic nitrogens is 1. The summed E-state index contributed by atoms with van der Waals surface area (Å²) in [6, 6.07) is 12.7. The molecule has 1 amide bonds. The molecule has 8 heteroatoms. The van der Waals surface area contributed by atoms with Gasteiger partial charge in [-0.25, -0.2) is 4.98 Å². The SMILES string of the molecule is CC(C)Oc1ccc(/C(O)=C2\C(=O)C(=O)N(c3nccs3)[C@H]2c2ccc(Cl)cc2)cc1. The van der Waals surface area contributed by atoms with Gasteiger partial charge in [-0.3, -0.25) is 14.5 Å². The molecule has 1 aliphatic heterocycles. The third kappa shape index (κ3) is 4.06. The molecule has 0 saturated carbocycles. The van der Waals surface area contributed by atoms with E-state index in [0.29, 0.717) is 27.0 Å². The van der Waals surface area contributed by atoms with Crippen molar-refractivity contribution >= 4 is 45.5 Å². The normalized spacial score (nSPS) is 18.1. The Morgan fingerprint density at radius 1 is 1.13 bits per heavy atom. The number of ketones is 1. The van der Waals surface area contributed by atoms with Crippen LogP contribution >= 0.6 is 22.9 Å². The topological polar surface area (TPSA) is 79.7 Å². The first-order valence-corrected chi connectivity index (χ1v) is 10.9. The maximum absolute atomic E-state index is 13.0. The highest BCUT2D eigenvalue weighted by atomic mass is 35.5. The van der Waals surface area contributed by atoms with Crippen LogP contribution in [0.2, 0.25) is 5.02 Å². The Balaban J connectivity index is 1.84. The quantitative estimate of drug-likeness (QED) is 0.325. The number of thiazole rings is 1. The fraction of sp³-hybridized carbons (Fsp3) is 0.174. The first-order valence-electron chi connectivity index (χ1n) is 9.60. The molecule has 0 bridgehead atoms. The summed E-state index contributed by atoms with van der Waals surface area (Å²) >= 11 is 7.27. The lowest BCUT2D eigenvalue weighted by Gasteiger charge is -2.23. The molecule has 3 aromatic rings. The van der Waals surface area contributed by atoms with Crippen molar-refractivity contribution in [2.75, 3.05) is 4.90 Å². The number of nitrogens with zero attached hydrogens (tertiary/aromatic N) is 2. The number of rotatable bonds is 5. The zero-order valence-corrected chi connectivity index (χ0v) is 18.4. The average Bonchev–Trinajstić information content (AvgIpc) is 3.35. The largest absolute Gasteiger partial charge is 0.507 e. The molecule has 1 N–H and O–H groups in total. The Kier molecular flexibility index (Phi) is 5.80. The molecule has 1 saturated heterocycles. The second-order valence-corrected chi connectivity index (χ2v) is 8.54. The Morgan fingerprint density at radius 3 is 2.39 bits per heavy atom. The zero-order chi connectivity index (χ0) is 22.1. The first kappa shape index (κ1) is 21.1. The van der Waals surface area contributed by atoms with Crippen molar-refractivity contribution < 1.29 is 19.4 Å². The molecule has 0 aliphatic carbocycles. The van der Waals surface area contributed by atoms with Crippen LogP contribution in [-0.2, 0) is 9.59 Å². The zero-order valence-electron chi connectivity index (χ0n) is 16.8.